The van der Waals surface area contributed by atoms with Crippen LogP contribution in [0.3, 0.4) is 0 Å². The minimum Gasteiger partial charge on any atom is -0.451 e. The summed E-state index contributed by atoms with van der Waals surface area (Å²) in [7, 11) is 0. The molecule has 1 N–H and O–H groups in total. The topological polar surface area (TPSA) is 95.8 Å². The summed E-state index contributed by atoms with van der Waals surface area (Å²) in [5, 5.41) is 3.96. The maximum absolute atomic E-state index is 13.6. The SMILES string of the molecule is CCC[C@]1(C2CCN(C(=O)c3cc4ccccc4o3)CC2)NC(=O)N(CCc2ccccn2)C1=O. The lowest BCUT2D eigenvalue weighted by Gasteiger charge is -2.40. The molecule has 8 nitrogen and oxygen atoms in total. The smallest absolute Gasteiger partial charge is 0.325 e. The minimum absolute atomic E-state index is 0.0292. The predicted molar refractivity (Wildman–Crippen MR) is 131 cm³/mol. The highest BCUT2D eigenvalue weighted by Crippen LogP contribution is 2.37. The van der Waals surface area contributed by atoms with E-state index in [4.69, 9.17) is 4.42 Å². The van der Waals surface area contributed by atoms with Gasteiger partial charge in [0.05, 0.1) is 0 Å². The highest BCUT2D eigenvalue weighted by atomic mass is 16.3. The molecule has 4 amide bonds. The third-order valence-electron chi connectivity index (χ3n) is 7.28. The van der Waals surface area contributed by atoms with Crippen molar-refractivity contribution >= 4 is 28.8 Å². The Labute approximate surface area is 204 Å². The van der Waals surface area contributed by atoms with E-state index in [1.807, 2.05) is 49.4 Å². The van der Waals surface area contributed by atoms with Crippen LogP contribution >= 0.6 is 0 Å². The van der Waals surface area contributed by atoms with Gasteiger partial charge in [-0.3, -0.25) is 19.5 Å². The summed E-state index contributed by atoms with van der Waals surface area (Å²) < 4.78 is 5.76. The molecule has 2 aliphatic rings. The number of nitrogens with one attached hydrogen (secondary N) is 1. The third-order valence-corrected chi connectivity index (χ3v) is 7.28. The number of amides is 4. The van der Waals surface area contributed by atoms with Gasteiger partial charge in [0.15, 0.2) is 5.76 Å². The molecule has 8 heteroatoms. The zero-order chi connectivity index (χ0) is 24.4. The second kappa shape index (κ2) is 9.52. The van der Waals surface area contributed by atoms with Crippen LogP contribution in [0, 0.1) is 5.92 Å². The molecule has 1 atom stereocenters. The van der Waals surface area contributed by atoms with E-state index in [2.05, 4.69) is 10.3 Å². The number of furan rings is 1. The average Bonchev–Trinajstić information content (AvgIpc) is 3.42. The van der Waals surface area contributed by atoms with Crippen LogP contribution in [0.4, 0.5) is 4.79 Å². The molecule has 0 aliphatic carbocycles. The second-order valence-corrected chi connectivity index (χ2v) is 9.39. The molecule has 2 fully saturated rings. The number of urea groups is 1. The lowest BCUT2D eigenvalue weighted by atomic mass is 9.74. The Morgan fingerprint density at radius 3 is 2.63 bits per heavy atom. The lowest BCUT2D eigenvalue weighted by Crippen LogP contribution is -2.56. The van der Waals surface area contributed by atoms with Crippen LogP contribution in [0.2, 0.25) is 0 Å². The quantitative estimate of drug-likeness (QED) is 0.522. The van der Waals surface area contributed by atoms with E-state index >= 15 is 0 Å². The van der Waals surface area contributed by atoms with E-state index in [1.54, 1.807) is 17.2 Å². The van der Waals surface area contributed by atoms with Crippen LogP contribution in [0.25, 0.3) is 11.0 Å². The van der Waals surface area contributed by atoms with Crippen molar-refractivity contribution < 1.29 is 18.8 Å². The molecule has 4 heterocycles. The number of hydrogen-bond acceptors (Lipinski definition) is 5. The first-order valence-corrected chi connectivity index (χ1v) is 12.3. The van der Waals surface area contributed by atoms with Crippen molar-refractivity contribution in [1.82, 2.24) is 20.1 Å². The Bertz CT molecular complexity index is 1200. The van der Waals surface area contributed by atoms with Gasteiger partial charge in [0.25, 0.3) is 11.8 Å². The predicted octanol–water partition coefficient (Wildman–Crippen LogP) is 4.01. The van der Waals surface area contributed by atoms with E-state index in [9.17, 15) is 14.4 Å². The number of nitrogens with zero attached hydrogens (tertiary/aromatic N) is 3. The van der Waals surface area contributed by atoms with Crippen molar-refractivity contribution in [2.24, 2.45) is 5.92 Å². The van der Waals surface area contributed by atoms with Gasteiger partial charge in [0, 0.05) is 43.3 Å². The van der Waals surface area contributed by atoms with Crippen LogP contribution in [0.5, 0.6) is 0 Å². The van der Waals surface area contributed by atoms with Crippen LogP contribution in [-0.2, 0) is 11.2 Å². The zero-order valence-corrected chi connectivity index (χ0v) is 19.9. The van der Waals surface area contributed by atoms with Crippen LogP contribution < -0.4 is 5.32 Å². The summed E-state index contributed by atoms with van der Waals surface area (Å²) in [5.41, 5.74) is 0.626. The standard InChI is InChI=1S/C27H30N4O4/c1-2-13-27(25(33)31(26(34)29-27)17-12-21-8-5-6-14-28-21)20-10-15-30(16-11-20)24(32)23-18-19-7-3-4-9-22(19)35-23/h3-9,14,18,20H,2,10-13,15-17H2,1H3,(H,29,34)/t27-/m1/s1. The number of fused-ring (bicyclic) bond motifs is 1. The molecule has 0 radical (unpaired) electrons. The van der Waals surface area contributed by atoms with E-state index in [0.717, 1.165) is 17.5 Å². The molecule has 2 aliphatic heterocycles. The Balaban J connectivity index is 1.27. The van der Waals surface area contributed by atoms with E-state index in [0.29, 0.717) is 56.7 Å². The highest BCUT2D eigenvalue weighted by molar-refractivity contribution is 6.07. The number of carbonyl (C=O) groups is 3. The number of hydrogen-bond donors (Lipinski definition) is 1. The Hall–Kier alpha value is -3.68. The maximum atomic E-state index is 13.6. The van der Waals surface area contributed by atoms with Crippen LogP contribution in [-0.4, -0.2) is 57.8 Å². The van der Waals surface area contributed by atoms with Crippen LogP contribution in [0.1, 0.15) is 48.9 Å². The van der Waals surface area contributed by atoms with Gasteiger partial charge in [-0.15, -0.1) is 0 Å². The van der Waals surface area contributed by atoms with Crippen LogP contribution in [0.15, 0.2) is 59.1 Å². The fraction of sp³-hybridized carbons (Fsp3) is 0.407. The molecule has 1 aromatic carbocycles. The van der Waals surface area contributed by atoms with Gasteiger partial charge in [0.1, 0.15) is 11.1 Å². The fourth-order valence-corrected chi connectivity index (χ4v) is 5.48. The molecule has 2 saturated heterocycles. The third kappa shape index (κ3) is 4.29. The molecule has 0 saturated carbocycles. The molecule has 5 rings (SSSR count). The van der Waals surface area contributed by atoms with Gasteiger partial charge in [-0.05, 0) is 49.4 Å². The van der Waals surface area contributed by atoms with Crippen molar-refractivity contribution in [1.29, 1.82) is 0 Å². The summed E-state index contributed by atoms with van der Waals surface area (Å²) in [6.07, 6.45) is 4.88. The van der Waals surface area contributed by atoms with E-state index < -0.39 is 5.54 Å². The summed E-state index contributed by atoms with van der Waals surface area (Å²) >= 11 is 0. The summed E-state index contributed by atoms with van der Waals surface area (Å²) in [6.45, 7) is 3.36. The van der Waals surface area contributed by atoms with Gasteiger partial charge < -0.3 is 14.6 Å². The Kier molecular flexibility index (Phi) is 6.28. The van der Waals surface area contributed by atoms with Gasteiger partial charge in [-0.25, -0.2) is 4.79 Å². The molecule has 0 unspecified atom stereocenters. The first kappa shape index (κ1) is 23.1. The van der Waals surface area contributed by atoms with Crippen molar-refractivity contribution in [3.05, 3.63) is 66.2 Å². The van der Waals surface area contributed by atoms with Crippen molar-refractivity contribution in [3.8, 4) is 0 Å². The monoisotopic (exact) mass is 474 g/mol. The number of carbonyl (C=O) groups excluding carboxylic acids is 3. The molecule has 182 valence electrons. The molecular formula is C27H30N4O4. The lowest BCUT2D eigenvalue weighted by molar-refractivity contribution is -0.134. The number of likely N-dealkylation sites (tertiary alicyclic amines) is 1. The molecule has 0 bridgehead atoms. The van der Waals surface area contributed by atoms with Gasteiger partial charge in [0.2, 0.25) is 0 Å². The normalized spacial score (nSPS) is 21.1. The minimum atomic E-state index is -0.912. The summed E-state index contributed by atoms with van der Waals surface area (Å²) in [5.74, 6) is 0.0163. The van der Waals surface area contributed by atoms with Gasteiger partial charge in [-0.1, -0.05) is 37.6 Å². The van der Waals surface area contributed by atoms with Gasteiger partial charge >= 0.3 is 6.03 Å². The molecule has 0 spiro atoms. The van der Waals surface area contributed by atoms with E-state index in [1.165, 1.54) is 4.90 Å². The van der Waals surface area contributed by atoms with Crippen molar-refractivity contribution in [2.45, 2.75) is 44.6 Å². The number of piperidine rings is 1. The molecular weight excluding hydrogens is 444 g/mol. The maximum Gasteiger partial charge on any atom is 0.325 e. The zero-order valence-electron chi connectivity index (χ0n) is 19.9. The first-order valence-electron chi connectivity index (χ1n) is 12.3. The number of pyridine rings is 1. The number of aromatic nitrogens is 1. The Morgan fingerprint density at radius 2 is 1.91 bits per heavy atom. The highest BCUT2D eigenvalue weighted by Gasteiger charge is 2.55. The summed E-state index contributed by atoms with van der Waals surface area (Å²) in [4.78, 5) is 47.0. The van der Waals surface area contributed by atoms with Gasteiger partial charge in [-0.2, -0.15) is 0 Å². The molecule has 2 aromatic heterocycles. The number of para-hydroxylation sites is 1. The average molecular weight is 475 g/mol. The first-order chi connectivity index (χ1) is 17.0. The largest absolute Gasteiger partial charge is 0.451 e. The second-order valence-electron chi connectivity index (χ2n) is 9.39. The number of imide groups is 1. The molecule has 35 heavy (non-hydrogen) atoms. The Morgan fingerprint density at radius 1 is 1.14 bits per heavy atom. The molecule has 3 aromatic rings. The number of rotatable bonds is 7. The fourth-order valence-electron chi connectivity index (χ4n) is 5.48. The van der Waals surface area contributed by atoms with E-state index in [-0.39, 0.29) is 23.8 Å². The summed E-state index contributed by atoms with van der Waals surface area (Å²) in [6, 6.07) is 14.6. The van der Waals surface area contributed by atoms with Crippen molar-refractivity contribution in [2.75, 3.05) is 19.6 Å². The number of benzene rings is 1. The van der Waals surface area contributed by atoms with Crippen molar-refractivity contribution in [3.63, 3.8) is 0 Å².